The van der Waals surface area contributed by atoms with Crippen molar-refractivity contribution in [1.29, 1.82) is 0 Å². The highest BCUT2D eigenvalue weighted by Gasteiger charge is 2.29. The predicted octanol–water partition coefficient (Wildman–Crippen LogP) is 2.86. The first kappa shape index (κ1) is 18.1. The van der Waals surface area contributed by atoms with Crippen molar-refractivity contribution in [2.75, 3.05) is 24.2 Å². The van der Waals surface area contributed by atoms with Crippen LogP contribution in [0.1, 0.15) is 17.0 Å². The maximum atomic E-state index is 12.1. The number of para-hydroxylation sites is 1. The van der Waals surface area contributed by atoms with Gasteiger partial charge in [-0.05, 0) is 36.2 Å². The number of aromatic nitrogens is 1. The Morgan fingerprint density at radius 2 is 1.93 bits per heavy atom. The Balaban J connectivity index is 1.37. The van der Waals surface area contributed by atoms with Crippen LogP contribution in [-0.2, 0) is 21.2 Å². The monoisotopic (exact) mass is 401 g/mol. The zero-order valence-corrected chi connectivity index (χ0v) is 16.2. The van der Waals surface area contributed by atoms with E-state index in [0.717, 1.165) is 22.5 Å². The number of carbonyl (C=O) groups is 1. The van der Waals surface area contributed by atoms with Gasteiger partial charge in [0.25, 0.3) is 0 Å². The molecule has 27 heavy (non-hydrogen) atoms. The maximum absolute atomic E-state index is 12.1. The van der Waals surface area contributed by atoms with Crippen molar-refractivity contribution in [1.82, 2.24) is 9.29 Å². The Morgan fingerprint density at radius 1 is 1.15 bits per heavy atom. The van der Waals surface area contributed by atoms with Gasteiger partial charge in [-0.15, -0.1) is 11.3 Å². The first-order valence-corrected chi connectivity index (χ1v) is 11.1. The molecule has 0 spiro atoms. The van der Waals surface area contributed by atoms with Gasteiger partial charge >= 0.3 is 0 Å². The van der Waals surface area contributed by atoms with Gasteiger partial charge in [0.2, 0.25) is 15.9 Å². The molecule has 0 unspecified atom stereocenters. The van der Waals surface area contributed by atoms with Gasteiger partial charge in [0.05, 0.1) is 27.5 Å². The molecular formula is C19H19N3O3S2. The topological polar surface area (TPSA) is 79.4 Å². The number of benzene rings is 2. The number of hydrogen-bond donors (Lipinski definition) is 1. The van der Waals surface area contributed by atoms with Crippen LogP contribution in [0.15, 0.2) is 48.5 Å². The van der Waals surface area contributed by atoms with Crippen LogP contribution in [0.3, 0.4) is 0 Å². The van der Waals surface area contributed by atoms with Crippen molar-refractivity contribution in [2.45, 2.75) is 12.8 Å². The Labute approximate surface area is 161 Å². The van der Waals surface area contributed by atoms with Crippen LogP contribution in [0.4, 0.5) is 5.69 Å². The fraction of sp³-hybridized carbons (Fsp3) is 0.263. The number of thiazole rings is 1. The van der Waals surface area contributed by atoms with Crippen molar-refractivity contribution >= 4 is 43.2 Å². The van der Waals surface area contributed by atoms with Crippen LogP contribution in [0.25, 0.3) is 10.2 Å². The third-order valence-electron chi connectivity index (χ3n) is 4.45. The molecule has 2 heterocycles. The minimum absolute atomic E-state index is 0.126. The van der Waals surface area contributed by atoms with Gasteiger partial charge in [0.15, 0.2) is 0 Å². The SMILES string of the molecule is O=C(CN1CCCS1(=O)=O)Nc1ccc(Cc2nc3ccccc3s2)cc1. The molecule has 1 amide bonds. The van der Waals surface area contributed by atoms with Crippen LogP contribution < -0.4 is 5.32 Å². The van der Waals surface area contributed by atoms with Gasteiger partial charge in [-0.2, -0.15) is 4.31 Å². The smallest absolute Gasteiger partial charge is 0.239 e. The van der Waals surface area contributed by atoms with Gasteiger partial charge in [0.1, 0.15) is 0 Å². The highest BCUT2D eigenvalue weighted by molar-refractivity contribution is 7.89. The molecule has 1 aromatic heterocycles. The average Bonchev–Trinajstić information content (AvgIpc) is 3.19. The van der Waals surface area contributed by atoms with Gasteiger partial charge in [0, 0.05) is 18.7 Å². The number of rotatable bonds is 5. The van der Waals surface area contributed by atoms with Gasteiger partial charge < -0.3 is 5.32 Å². The third kappa shape index (κ3) is 4.18. The van der Waals surface area contributed by atoms with Crippen LogP contribution in [-0.4, -0.2) is 42.5 Å². The normalized spacial score (nSPS) is 16.6. The Morgan fingerprint density at radius 3 is 2.63 bits per heavy atom. The van der Waals surface area contributed by atoms with Crippen LogP contribution in [0.5, 0.6) is 0 Å². The molecular weight excluding hydrogens is 382 g/mol. The second-order valence-corrected chi connectivity index (χ2v) is 9.70. The highest BCUT2D eigenvalue weighted by atomic mass is 32.2. The van der Waals surface area contributed by atoms with Crippen molar-refractivity contribution in [3.05, 3.63) is 59.1 Å². The quantitative estimate of drug-likeness (QED) is 0.713. The maximum Gasteiger partial charge on any atom is 0.239 e. The third-order valence-corrected chi connectivity index (χ3v) is 7.39. The van der Waals surface area contributed by atoms with E-state index in [2.05, 4.69) is 16.4 Å². The minimum Gasteiger partial charge on any atom is -0.325 e. The molecule has 1 aliphatic heterocycles. The molecule has 6 nitrogen and oxygen atoms in total. The molecule has 1 fully saturated rings. The number of fused-ring (bicyclic) bond motifs is 1. The van der Waals surface area contributed by atoms with E-state index in [1.807, 2.05) is 42.5 Å². The number of carbonyl (C=O) groups excluding carboxylic acids is 1. The number of hydrogen-bond acceptors (Lipinski definition) is 5. The predicted molar refractivity (Wildman–Crippen MR) is 107 cm³/mol. The van der Waals surface area contributed by atoms with Crippen molar-refractivity contribution in [3.63, 3.8) is 0 Å². The molecule has 0 atom stereocenters. The lowest BCUT2D eigenvalue weighted by molar-refractivity contribution is -0.116. The standard InChI is InChI=1S/C19H19N3O3S2/c23-18(13-22-10-3-11-27(22,24)25)20-15-8-6-14(7-9-15)12-19-21-16-4-1-2-5-17(16)26-19/h1-2,4-9H,3,10-13H2,(H,20,23). The van der Waals surface area contributed by atoms with Crippen molar-refractivity contribution < 1.29 is 13.2 Å². The van der Waals surface area contributed by atoms with Gasteiger partial charge in [-0.25, -0.2) is 13.4 Å². The number of anilines is 1. The first-order chi connectivity index (χ1) is 13.0. The van der Waals surface area contributed by atoms with E-state index in [1.54, 1.807) is 11.3 Å². The molecule has 1 saturated heterocycles. The fourth-order valence-electron chi connectivity index (χ4n) is 3.11. The summed E-state index contributed by atoms with van der Waals surface area (Å²) in [6.07, 6.45) is 1.32. The number of nitrogens with one attached hydrogen (secondary N) is 1. The second kappa shape index (κ2) is 7.38. The summed E-state index contributed by atoms with van der Waals surface area (Å²) in [5, 5.41) is 3.81. The zero-order chi connectivity index (χ0) is 18.9. The Kier molecular flexibility index (Phi) is 4.94. The summed E-state index contributed by atoms with van der Waals surface area (Å²) < 4.78 is 26.0. The van der Waals surface area contributed by atoms with E-state index >= 15 is 0 Å². The molecule has 2 aromatic carbocycles. The lowest BCUT2D eigenvalue weighted by atomic mass is 10.1. The molecule has 1 N–H and O–H groups in total. The minimum atomic E-state index is -3.26. The molecule has 1 aliphatic rings. The summed E-state index contributed by atoms with van der Waals surface area (Å²) in [6, 6.07) is 15.6. The van der Waals surface area contributed by atoms with Crippen LogP contribution >= 0.6 is 11.3 Å². The molecule has 3 aromatic rings. The molecule has 0 saturated carbocycles. The van der Waals surface area contributed by atoms with Gasteiger partial charge in [-0.3, -0.25) is 4.79 Å². The number of amides is 1. The van der Waals surface area contributed by atoms with E-state index in [9.17, 15) is 13.2 Å². The summed E-state index contributed by atoms with van der Waals surface area (Å²) in [5.41, 5.74) is 2.78. The number of sulfonamides is 1. The molecule has 0 aliphatic carbocycles. The van der Waals surface area contributed by atoms with Crippen molar-refractivity contribution in [2.24, 2.45) is 0 Å². The fourth-order valence-corrected chi connectivity index (χ4v) is 5.58. The van der Waals surface area contributed by atoms with E-state index in [-0.39, 0.29) is 18.2 Å². The molecule has 4 rings (SSSR count). The summed E-state index contributed by atoms with van der Waals surface area (Å²) in [6.45, 7) is 0.284. The van der Waals surface area contributed by atoms with E-state index < -0.39 is 10.0 Å². The van der Waals surface area contributed by atoms with Crippen LogP contribution in [0, 0.1) is 0 Å². The molecule has 0 bridgehead atoms. The van der Waals surface area contributed by atoms with Gasteiger partial charge in [-0.1, -0.05) is 24.3 Å². The lowest BCUT2D eigenvalue weighted by Crippen LogP contribution is -2.34. The molecule has 0 radical (unpaired) electrons. The van der Waals surface area contributed by atoms with E-state index in [1.165, 1.54) is 9.01 Å². The summed E-state index contributed by atoms with van der Waals surface area (Å²) in [7, 11) is -3.26. The molecule has 140 valence electrons. The summed E-state index contributed by atoms with van der Waals surface area (Å²) in [4.78, 5) is 16.7. The van der Waals surface area contributed by atoms with Crippen molar-refractivity contribution in [3.8, 4) is 0 Å². The largest absolute Gasteiger partial charge is 0.325 e. The average molecular weight is 402 g/mol. The summed E-state index contributed by atoms with van der Waals surface area (Å²) >= 11 is 1.68. The Bertz CT molecular complexity index is 1040. The van der Waals surface area contributed by atoms with Crippen LogP contribution in [0.2, 0.25) is 0 Å². The second-order valence-electron chi connectivity index (χ2n) is 6.50. The molecule has 8 heteroatoms. The number of nitrogens with zero attached hydrogens (tertiary/aromatic N) is 2. The summed E-state index contributed by atoms with van der Waals surface area (Å²) in [5.74, 6) is -0.194. The van der Waals surface area contributed by atoms with E-state index in [4.69, 9.17) is 0 Å². The zero-order valence-electron chi connectivity index (χ0n) is 14.6. The highest BCUT2D eigenvalue weighted by Crippen LogP contribution is 2.24. The van der Waals surface area contributed by atoms with E-state index in [0.29, 0.717) is 18.7 Å². The first-order valence-electron chi connectivity index (χ1n) is 8.71. The Hall–Kier alpha value is -2.29. The lowest BCUT2D eigenvalue weighted by Gasteiger charge is -2.14.